The van der Waals surface area contributed by atoms with E-state index in [0.717, 1.165) is 29.6 Å². The van der Waals surface area contributed by atoms with Crippen LogP contribution in [0.3, 0.4) is 0 Å². The Bertz CT molecular complexity index is 510. The highest BCUT2D eigenvalue weighted by atomic mass is 16.1. The molecule has 0 spiro atoms. The molecule has 4 saturated carbocycles. The lowest BCUT2D eigenvalue weighted by Crippen LogP contribution is -2.53. The van der Waals surface area contributed by atoms with Gasteiger partial charge in [-0.05, 0) is 105 Å². The van der Waals surface area contributed by atoms with Gasteiger partial charge in [0.2, 0.25) is 0 Å². The standard InChI is InChI=1S/C23H38O/c1-5-16-10-12-22(3)17(14-16)6-7-18-20-9-8-19(15(2)24)23(20,4)13-11-21(18)22/h16-21H,5-14H2,1-4H3/t16?,17-,18-,19+,20-,21-,22-,23+/m0/s1. The minimum absolute atomic E-state index is 0.330. The molecule has 0 saturated heterocycles. The number of hydrogen-bond acceptors (Lipinski definition) is 1. The van der Waals surface area contributed by atoms with Crippen LogP contribution in [-0.2, 0) is 4.79 Å². The number of rotatable bonds is 2. The first-order chi connectivity index (χ1) is 11.4. The molecular weight excluding hydrogens is 292 g/mol. The number of hydrogen-bond donors (Lipinski definition) is 0. The molecular formula is C23H38O. The van der Waals surface area contributed by atoms with Crippen LogP contribution in [-0.4, -0.2) is 5.78 Å². The van der Waals surface area contributed by atoms with E-state index in [4.69, 9.17) is 0 Å². The molecule has 0 bridgehead atoms. The van der Waals surface area contributed by atoms with Gasteiger partial charge < -0.3 is 0 Å². The summed E-state index contributed by atoms with van der Waals surface area (Å²) in [6.45, 7) is 9.40. The van der Waals surface area contributed by atoms with E-state index in [1.807, 2.05) is 6.92 Å². The number of ketones is 1. The number of Topliss-reactive ketones (excluding diaryl/α,β-unsaturated/α-hetero) is 1. The zero-order chi connectivity index (χ0) is 17.1. The molecule has 0 N–H and O–H groups in total. The molecule has 1 nitrogen and oxygen atoms in total. The van der Waals surface area contributed by atoms with Gasteiger partial charge in [0.25, 0.3) is 0 Å². The van der Waals surface area contributed by atoms with Crippen LogP contribution in [0.5, 0.6) is 0 Å². The molecule has 0 amide bonds. The summed E-state index contributed by atoms with van der Waals surface area (Å²) >= 11 is 0. The molecule has 4 aliphatic rings. The molecule has 0 radical (unpaired) electrons. The van der Waals surface area contributed by atoms with Gasteiger partial charge in [-0.1, -0.05) is 27.2 Å². The summed E-state index contributed by atoms with van der Waals surface area (Å²) in [4.78, 5) is 12.2. The molecule has 8 atom stereocenters. The van der Waals surface area contributed by atoms with Crippen molar-refractivity contribution >= 4 is 5.78 Å². The van der Waals surface area contributed by atoms with Crippen molar-refractivity contribution in [2.45, 2.75) is 91.9 Å². The molecule has 4 aliphatic carbocycles. The van der Waals surface area contributed by atoms with Crippen molar-refractivity contribution in [1.82, 2.24) is 0 Å². The Morgan fingerprint density at radius 3 is 2.33 bits per heavy atom. The van der Waals surface area contributed by atoms with Crippen molar-refractivity contribution in [2.24, 2.45) is 46.3 Å². The third-order valence-electron chi connectivity index (χ3n) is 9.84. The van der Waals surface area contributed by atoms with Crippen LogP contribution >= 0.6 is 0 Å². The third kappa shape index (κ3) is 2.28. The normalized spacial score (nSPS) is 53.8. The highest BCUT2D eigenvalue weighted by molar-refractivity contribution is 5.79. The van der Waals surface area contributed by atoms with Crippen LogP contribution in [0.2, 0.25) is 0 Å². The second kappa shape index (κ2) is 5.85. The fourth-order valence-corrected chi connectivity index (χ4v) is 8.39. The minimum atomic E-state index is 0.330. The van der Waals surface area contributed by atoms with E-state index < -0.39 is 0 Å². The van der Waals surface area contributed by atoms with Gasteiger partial charge in [0.15, 0.2) is 0 Å². The Labute approximate surface area is 149 Å². The fourth-order valence-electron chi connectivity index (χ4n) is 8.39. The average Bonchev–Trinajstić information content (AvgIpc) is 2.91. The lowest BCUT2D eigenvalue weighted by atomic mass is 9.44. The highest BCUT2D eigenvalue weighted by Gasteiger charge is 2.60. The summed E-state index contributed by atoms with van der Waals surface area (Å²) in [5, 5.41) is 0. The van der Waals surface area contributed by atoms with Crippen LogP contribution < -0.4 is 0 Å². The van der Waals surface area contributed by atoms with Crippen molar-refractivity contribution in [3.05, 3.63) is 0 Å². The van der Waals surface area contributed by atoms with Gasteiger partial charge in [-0.15, -0.1) is 0 Å². The molecule has 0 aromatic carbocycles. The number of carbonyl (C=O) groups is 1. The van der Waals surface area contributed by atoms with Crippen LogP contribution in [0.15, 0.2) is 0 Å². The highest BCUT2D eigenvalue weighted by Crippen LogP contribution is 2.67. The van der Waals surface area contributed by atoms with E-state index >= 15 is 0 Å². The number of fused-ring (bicyclic) bond motifs is 5. The summed E-state index contributed by atoms with van der Waals surface area (Å²) in [6.07, 6.45) is 14.0. The maximum absolute atomic E-state index is 12.2. The summed E-state index contributed by atoms with van der Waals surface area (Å²) in [5.41, 5.74) is 0.945. The average molecular weight is 331 g/mol. The van der Waals surface area contributed by atoms with Crippen molar-refractivity contribution < 1.29 is 4.79 Å². The minimum Gasteiger partial charge on any atom is -0.300 e. The first-order valence-electron chi connectivity index (χ1n) is 10.9. The lowest BCUT2D eigenvalue weighted by molar-refractivity contribution is -0.135. The van der Waals surface area contributed by atoms with E-state index in [9.17, 15) is 4.79 Å². The lowest BCUT2D eigenvalue weighted by Gasteiger charge is -2.61. The molecule has 4 rings (SSSR count). The molecule has 0 heterocycles. The quantitative estimate of drug-likeness (QED) is 0.584. The van der Waals surface area contributed by atoms with Gasteiger partial charge in [0, 0.05) is 5.92 Å². The van der Waals surface area contributed by atoms with Crippen molar-refractivity contribution in [1.29, 1.82) is 0 Å². The largest absolute Gasteiger partial charge is 0.300 e. The van der Waals surface area contributed by atoms with Crippen molar-refractivity contribution in [2.75, 3.05) is 0 Å². The van der Waals surface area contributed by atoms with E-state index in [0.29, 0.717) is 22.5 Å². The molecule has 0 aromatic heterocycles. The van der Waals surface area contributed by atoms with E-state index in [1.165, 1.54) is 64.2 Å². The zero-order valence-corrected chi connectivity index (χ0v) is 16.4. The molecule has 136 valence electrons. The van der Waals surface area contributed by atoms with Gasteiger partial charge >= 0.3 is 0 Å². The SMILES string of the molecule is CCC1CC[C@@]2(C)[C@@H](CC[C@@H]3[C@@H]2CC[C@]2(C)[C@@H](C(C)=O)CC[C@@H]32)C1. The maximum Gasteiger partial charge on any atom is 0.133 e. The summed E-state index contributed by atoms with van der Waals surface area (Å²) in [7, 11) is 0. The summed E-state index contributed by atoms with van der Waals surface area (Å²) in [6, 6.07) is 0. The first kappa shape index (κ1) is 17.1. The van der Waals surface area contributed by atoms with Crippen LogP contribution in [0.1, 0.15) is 91.9 Å². The first-order valence-corrected chi connectivity index (χ1v) is 10.9. The van der Waals surface area contributed by atoms with Crippen molar-refractivity contribution in [3.8, 4) is 0 Å². The zero-order valence-electron chi connectivity index (χ0n) is 16.4. The van der Waals surface area contributed by atoms with Gasteiger partial charge in [-0.25, -0.2) is 0 Å². The van der Waals surface area contributed by atoms with Crippen LogP contribution in [0.25, 0.3) is 0 Å². The second-order valence-corrected chi connectivity index (χ2v) is 10.5. The Morgan fingerprint density at radius 1 is 0.917 bits per heavy atom. The molecule has 1 unspecified atom stereocenters. The second-order valence-electron chi connectivity index (χ2n) is 10.5. The fraction of sp³-hybridized carbons (Fsp3) is 0.957. The maximum atomic E-state index is 12.2. The van der Waals surface area contributed by atoms with E-state index in [-0.39, 0.29) is 0 Å². The Balaban J connectivity index is 1.59. The molecule has 0 aromatic rings. The van der Waals surface area contributed by atoms with Gasteiger partial charge in [-0.3, -0.25) is 4.79 Å². The Hall–Kier alpha value is -0.330. The Kier molecular flexibility index (Phi) is 4.17. The van der Waals surface area contributed by atoms with Crippen molar-refractivity contribution in [3.63, 3.8) is 0 Å². The summed E-state index contributed by atoms with van der Waals surface area (Å²) in [5.74, 6) is 5.55. The summed E-state index contributed by atoms with van der Waals surface area (Å²) < 4.78 is 0. The predicted octanol–water partition coefficient (Wildman–Crippen LogP) is 6.26. The molecule has 24 heavy (non-hydrogen) atoms. The van der Waals surface area contributed by atoms with Crippen LogP contribution in [0.4, 0.5) is 0 Å². The molecule has 1 heteroatoms. The van der Waals surface area contributed by atoms with Gasteiger partial charge in [0.1, 0.15) is 5.78 Å². The monoisotopic (exact) mass is 330 g/mol. The third-order valence-corrected chi connectivity index (χ3v) is 9.84. The number of carbonyl (C=O) groups excluding carboxylic acids is 1. The van der Waals surface area contributed by atoms with Gasteiger partial charge in [-0.2, -0.15) is 0 Å². The van der Waals surface area contributed by atoms with E-state index in [2.05, 4.69) is 20.8 Å². The molecule has 0 aliphatic heterocycles. The topological polar surface area (TPSA) is 17.1 Å². The molecule has 4 fully saturated rings. The van der Waals surface area contributed by atoms with Crippen LogP contribution in [0, 0.1) is 46.3 Å². The predicted molar refractivity (Wildman–Crippen MR) is 99.7 cm³/mol. The Morgan fingerprint density at radius 2 is 1.62 bits per heavy atom. The van der Waals surface area contributed by atoms with E-state index in [1.54, 1.807) is 0 Å². The van der Waals surface area contributed by atoms with Gasteiger partial charge in [0.05, 0.1) is 0 Å². The smallest absolute Gasteiger partial charge is 0.133 e.